The van der Waals surface area contributed by atoms with Crippen molar-refractivity contribution >= 4 is 9.05 Å². The van der Waals surface area contributed by atoms with Crippen LogP contribution in [0.15, 0.2) is 60.7 Å². The Morgan fingerprint density at radius 1 is 0.680 bits per heavy atom. The van der Waals surface area contributed by atoms with Crippen LogP contribution in [0.3, 0.4) is 0 Å². The van der Waals surface area contributed by atoms with Gasteiger partial charge in [0.15, 0.2) is 0 Å². The number of rotatable bonds is 10. The molecule has 0 aromatic heterocycles. The topological polar surface area (TPSA) is 36.9 Å². The van der Waals surface area contributed by atoms with E-state index in [0.29, 0.717) is 0 Å². The summed E-state index contributed by atoms with van der Waals surface area (Å²) in [5, 5.41) is 0. The molecule has 0 heterocycles. The first-order valence-corrected chi connectivity index (χ1v) is 10.4. The molecule has 0 spiro atoms. The van der Waals surface area contributed by atoms with Crippen LogP contribution in [-0.2, 0) is 17.7 Å². The minimum absolute atomic E-state index is 0.138. The van der Waals surface area contributed by atoms with Gasteiger partial charge in [0.1, 0.15) is 0 Å². The van der Waals surface area contributed by atoms with Crippen molar-refractivity contribution in [2.45, 2.75) is 38.9 Å². The lowest BCUT2D eigenvalue weighted by Gasteiger charge is -2.32. The number of hydrogen-bond donors (Lipinski definition) is 0. The molecule has 2 aromatic rings. The van der Waals surface area contributed by atoms with Crippen molar-refractivity contribution < 1.29 is 17.7 Å². The third kappa shape index (κ3) is 5.23. The molecule has 0 amide bonds. The van der Waals surface area contributed by atoms with E-state index in [1.807, 2.05) is 60.7 Å². The molecule has 0 aliphatic carbocycles. The second-order valence-corrected chi connectivity index (χ2v) is 8.05. The van der Waals surface area contributed by atoms with Crippen molar-refractivity contribution in [2.24, 2.45) is 0 Å². The number of hydrogen-bond acceptors (Lipinski definition) is 4. The van der Waals surface area contributed by atoms with Crippen LogP contribution in [-0.4, -0.2) is 23.3 Å². The van der Waals surface area contributed by atoms with Gasteiger partial charge in [0.25, 0.3) is 0 Å². The van der Waals surface area contributed by atoms with Crippen LogP contribution in [0.5, 0.6) is 0 Å². The minimum Gasteiger partial charge on any atom is -0.355 e. The van der Waals surface area contributed by atoms with E-state index in [1.165, 1.54) is 0 Å². The number of benzene rings is 2. The largest absolute Gasteiger partial charge is 0.680 e. The summed E-state index contributed by atoms with van der Waals surface area (Å²) in [6.07, 6.45) is 1.33. The molecule has 2 rings (SSSR count). The second-order valence-electron chi connectivity index (χ2n) is 5.76. The molecular formula is C20H28O4Si. The molecule has 2 unspecified atom stereocenters. The van der Waals surface area contributed by atoms with E-state index in [1.54, 1.807) is 14.2 Å². The van der Waals surface area contributed by atoms with E-state index in [2.05, 4.69) is 13.8 Å². The zero-order chi connectivity index (χ0) is 18.1. The highest BCUT2D eigenvalue weighted by Crippen LogP contribution is 2.31. The molecule has 0 fully saturated rings. The summed E-state index contributed by atoms with van der Waals surface area (Å²) >= 11 is 0. The average Bonchev–Trinajstić information content (AvgIpc) is 2.70. The van der Waals surface area contributed by atoms with Crippen molar-refractivity contribution in [3.63, 3.8) is 0 Å². The Hall–Kier alpha value is -1.50. The van der Waals surface area contributed by atoms with Crippen LogP contribution in [0.1, 0.15) is 50.0 Å². The molecule has 4 nitrogen and oxygen atoms in total. The Kier molecular flexibility index (Phi) is 7.80. The Bertz CT molecular complexity index is 550. The molecule has 5 heteroatoms. The fourth-order valence-corrected chi connectivity index (χ4v) is 4.67. The fraction of sp³-hybridized carbons (Fsp3) is 0.400. The molecule has 0 aliphatic heterocycles. The molecule has 2 atom stereocenters. The Morgan fingerprint density at radius 2 is 1.04 bits per heavy atom. The van der Waals surface area contributed by atoms with E-state index in [4.69, 9.17) is 17.7 Å². The summed E-state index contributed by atoms with van der Waals surface area (Å²) in [5.74, 6) is 0. The fourth-order valence-electron chi connectivity index (χ4n) is 2.76. The molecule has 0 aliphatic rings. The normalized spacial score (nSPS) is 14.2. The summed E-state index contributed by atoms with van der Waals surface area (Å²) in [6.45, 7) is 4.16. The molecule has 0 radical (unpaired) electrons. The Balaban J connectivity index is 2.21. The maximum absolute atomic E-state index is 6.30. The summed E-state index contributed by atoms with van der Waals surface area (Å²) in [7, 11) is -0.100. The highest BCUT2D eigenvalue weighted by molar-refractivity contribution is 6.53. The average molecular weight is 361 g/mol. The third-order valence-electron chi connectivity index (χ3n) is 4.16. The summed E-state index contributed by atoms with van der Waals surface area (Å²) in [6, 6.07) is 20.2. The molecule has 0 N–H and O–H groups in total. The smallest absolute Gasteiger partial charge is 0.355 e. The molecule has 0 saturated heterocycles. The predicted molar refractivity (Wildman–Crippen MR) is 101 cm³/mol. The van der Waals surface area contributed by atoms with Gasteiger partial charge in [0.05, 0.1) is 12.2 Å². The van der Waals surface area contributed by atoms with Crippen LogP contribution in [0.25, 0.3) is 0 Å². The molecule has 0 saturated carbocycles. The lowest BCUT2D eigenvalue weighted by Crippen LogP contribution is -2.49. The van der Waals surface area contributed by atoms with Gasteiger partial charge >= 0.3 is 9.05 Å². The van der Waals surface area contributed by atoms with Crippen LogP contribution in [0.4, 0.5) is 0 Å². The van der Waals surface area contributed by atoms with Gasteiger partial charge in [0, 0.05) is 14.2 Å². The second kappa shape index (κ2) is 9.84. The van der Waals surface area contributed by atoms with Gasteiger partial charge in [-0.25, -0.2) is 0 Å². The first-order chi connectivity index (χ1) is 12.2. The van der Waals surface area contributed by atoms with Gasteiger partial charge in [-0.2, -0.15) is 0 Å². The lowest BCUT2D eigenvalue weighted by atomic mass is 10.1. The van der Waals surface area contributed by atoms with Crippen LogP contribution < -0.4 is 0 Å². The first-order valence-electron chi connectivity index (χ1n) is 8.73. The maximum Gasteiger partial charge on any atom is 0.680 e. The highest BCUT2D eigenvalue weighted by Gasteiger charge is 2.48. The zero-order valence-corrected chi connectivity index (χ0v) is 16.5. The quantitative estimate of drug-likeness (QED) is 0.556. The van der Waals surface area contributed by atoms with Gasteiger partial charge < -0.3 is 17.7 Å². The van der Waals surface area contributed by atoms with Gasteiger partial charge in [-0.3, -0.25) is 0 Å². The highest BCUT2D eigenvalue weighted by atomic mass is 28.4. The minimum atomic E-state index is -3.28. The van der Waals surface area contributed by atoms with E-state index in [9.17, 15) is 0 Å². The monoisotopic (exact) mass is 360 g/mol. The van der Waals surface area contributed by atoms with Crippen LogP contribution in [0.2, 0.25) is 0 Å². The summed E-state index contributed by atoms with van der Waals surface area (Å²) in [4.78, 5) is 0. The summed E-state index contributed by atoms with van der Waals surface area (Å²) < 4.78 is 23.9. The summed E-state index contributed by atoms with van der Waals surface area (Å²) in [5.41, 5.74) is 2.18. The molecular weight excluding hydrogens is 332 g/mol. The van der Waals surface area contributed by atoms with E-state index < -0.39 is 9.05 Å². The van der Waals surface area contributed by atoms with Crippen molar-refractivity contribution in [1.82, 2.24) is 0 Å². The standard InChI is InChI=1S/C20H28O4Si/c1-5-19(17-13-9-7-10-14-17)23-25(21-3,22-4)24-20(6-2)18-15-11-8-12-16-18/h7-16,19-20H,5-6H2,1-4H3. The first kappa shape index (κ1) is 19.8. The Labute approximate surface area is 152 Å². The van der Waals surface area contributed by atoms with Gasteiger partial charge in [-0.15, -0.1) is 0 Å². The predicted octanol–water partition coefficient (Wildman–Crippen LogP) is 5.05. The van der Waals surface area contributed by atoms with Gasteiger partial charge in [-0.1, -0.05) is 74.5 Å². The Morgan fingerprint density at radius 3 is 1.32 bits per heavy atom. The van der Waals surface area contributed by atoms with Crippen molar-refractivity contribution in [3.8, 4) is 0 Å². The van der Waals surface area contributed by atoms with Crippen molar-refractivity contribution in [3.05, 3.63) is 71.8 Å². The molecule has 25 heavy (non-hydrogen) atoms. The van der Waals surface area contributed by atoms with Crippen molar-refractivity contribution in [2.75, 3.05) is 14.2 Å². The van der Waals surface area contributed by atoms with Crippen LogP contribution in [0, 0.1) is 0 Å². The molecule has 0 bridgehead atoms. The van der Waals surface area contributed by atoms with E-state index in [0.717, 1.165) is 24.0 Å². The maximum atomic E-state index is 6.30. The third-order valence-corrected chi connectivity index (χ3v) is 6.30. The molecule has 136 valence electrons. The van der Waals surface area contributed by atoms with E-state index in [-0.39, 0.29) is 12.2 Å². The van der Waals surface area contributed by atoms with Gasteiger partial charge in [-0.05, 0) is 24.0 Å². The van der Waals surface area contributed by atoms with E-state index >= 15 is 0 Å². The van der Waals surface area contributed by atoms with Gasteiger partial charge in [0.2, 0.25) is 0 Å². The zero-order valence-electron chi connectivity index (χ0n) is 15.5. The lowest BCUT2D eigenvalue weighted by molar-refractivity contribution is -0.0588. The van der Waals surface area contributed by atoms with Crippen molar-refractivity contribution in [1.29, 1.82) is 0 Å². The SMILES string of the molecule is CCC(O[Si](OC)(OC)OC(CC)c1ccccc1)c1ccccc1. The molecule has 2 aromatic carbocycles. The van der Waals surface area contributed by atoms with Crippen LogP contribution >= 0.6 is 0 Å².